The van der Waals surface area contributed by atoms with Gasteiger partial charge in [0.15, 0.2) is 9.92 Å². The number of aromatic nitrogens is 3. The van der Waals surface area contributed by atoms with E-state index in [9.17, 15) is 4.79 Å². The summed E-state index contributed by atoms with van der Waals surface area (Å²) in [6, 6.07) is 17.9. The Labute approximate surface area is 198 Å². The average Bonchev–Trinajstić information content (AvgIpc) is 3.50. The number of anilines is 2. The molecule has 5 rings (SSSR count). The number of nitrogens with one attached hydrogen (secondary N) is 1. The maximum atomic E-state index is 12.7. The van der Waals surface area contributed by atoms with Gasteiger partial charge in [0, 0.05) is 24.8 Å². The largest absolute Gasteiger partial charge is 0.423 e. The van der Waals surface area contributed by atoms with Crippen molar-refractivity contribution in [3.63, 3.8) is 0 Å². The van der Waals surface area contributed by atoms with E-state index in [4.69, 9.17) is 9.68 Å². The Kier molecular flexibility index (Phi) is 6.24. The van der Waals surface area contributed by atoms with Crippen LogP contribution < -0.4 is 10.2 Å². The number of carbonyl (C=O) groups is 1. The minimum absolute atomic E-state index is 0.0213. The van der Waals surface area contributed by atoms with Crippen molar-refractivity contribution in [2.24, 2.45) is 5.92 Å². The Balaban J connectivity index is 1.11. The molecule has 1 saturated heterocycles. The monoisotopic (exact) mass is 476 g/mol. The predicted molar refractivity (Wildman–Crippen MR) is 128 cm³/mol. The first-order chi connectivity index (χ1) is 16.2. The van der Waals surface area contributed by atoms with Gasteiger partial charge in [-0.1, -0.05) is 47.4 Å². The third kappa shape index (κ3) is 4.99. The number of oxazole rings is 1. The lowest BCUT2D eigenvalue weighted by Gasteiger charge is -2.29. The molecule has 1 fully saturated rings. The molecule has 8 nitrogen and oxygen atoms in total. The van der Waals surface area contributed by atoms with Gasteiger partial charge in [-0.3, -0.25) is 4.79 Å². The molecule has 0 spiro atoms. The van der Waals surface area contributed by atoms with Crippen molar-refractivity contribution in [1.29, 1.82) is 5.26 Å². The van der Waals surface area contributed by atoms with Gasteiger partial charge in [0.1, 0.15) is 5.52 Å². The molecule has 0 saturated carbocycles. The number of fused-ring (bicyclic) bond motifs is 1. The van der Waals surface area contributed by atoms with Crippen LogP contribution in [0.15, 0.2) is 57.3 Å². The summed E-state index contributed by atoms with van der Waals surface area (Å²) in [5, 5.41) is 20.6. The van der Waals surface area contributed by atoms with Crippen molar-refractivity contribution >= 4 is 51.3 Å². The average molecular weight is 477 g/mol. The zero-order valence-electron chi connectivity index (χ0n) is 17.6. The zero-order valence-corrected chi connectivity index (χ0v) is 19.2. The second-order valence-corrected chi connectivity index (χ2v) is 9.89. The van der Waals surface area contributed by atoms with Gasteiger partial charge in [-0.05, 0) is 42.7 Å². The van der Waals surface area contributed by atoms with E-state index in [0.717, 1.165) is 39.6 Å². The van der Waals surface area contributed by atoms with Gasteiger partial charge >= 0.3 is 0 Å². The van der Waals surface area contributed by atoms with E-state index >= 15 is 0 Å². The van der Waals surface area contributed by atoms with Gasteiger partial charge in [-0.25, -0.2) is 0 Å². The molecular weight excluding hydrogens is 456 g/mol. The highest BCUT2D eigenvalue weighted by Gasteiger charge is 2.28. The summed E-state index contributed by atoms with van der Waals surface area (Å²) < 4.78 is 6.64. The van der Waals surface area contributed by atoms with E-state index in [0.29, 0.717) is 29.8 Å². The van der Waals surface area contributed by atoms with E-state index in [2.05, 4.69) is 31.5 Å². The normalized spacial score (nSPS) is 14.3. The first kappa shape index (κ1) is 21.4. The van der Waals surface area contributed by atoms with Crippen LogP contribution in [0.4, 0.5) is 11.1 Å². The van der Waals surface area contributed by atoms with Crippen molar-refractivity contribution in [2.45, 2.75) is 22.9 Å². The molecule has 1 N–H and O–H groups in total. The number of benzene rings is 2. The number of para-hydroxylation sites is 2. The quantitative estimate of drug-likeness (QED) is 0.315. The second-order valence-electron chi connectivity index (χ2n) is 7.69. The molecule has 33 heavy (non-hydrogen) atoms. The van der Waals surface area contributed by atoms with Crippen LogP contribution in [0.1, 0.15) is 24.0 Å². The molecule has 10 heteroatoms. The number of hydrogen-bond donors (Lipinski definition) is 1. The lowest BCUT2D eigenvalue weighted by Crippen LogP contribution is -2.38. The first-order valence-corrected chi connectivity index (χ1v) is 12.3. The van der Waals surface area contributed by atoms with Gasteiger partial charge in [0.05, 0.1) is 11.6 Å². The fraction of sp³-hybridized carbons (Fsp3) is 0.261. The molecule has 3 heterocycles. The highest BCUT2D eigenvalue weighted by molar-refractivity contribution is 8.00. The maximum Gasteiger partial charge on any atom is 0.298 e. The Bertz CT molecular complexity index is 1270. The molecule has 2 aromatic carbocycles. The molecule has 0 aliphatic carbocycles. The number of nitrogens with zero attached hydrogens (tertiary/aromatic N) is 5. The summed E-state index contributed by atoms with van der Waals surface area (Å²) in [4.78, 5) is 19.4. The van der Waals surface area contributed by atoms with Crippen LogP contribution in [0.25, 0.3) is 11.1 Å². The number of carbonyl (C=O) groups excluding carboxylic acids is 1. The summed E-state index contributed by atoms with van der Waals surface area (Å²) in [6.07, 6.45) is 1.45. The molecule has 166 valence electrons. The number of piperidine rings is 1. The third-order valence-electron chi connectivity index (χ3n) is 5.50. The Morgan fingerprint density at radius 2 is 1.97 bits per heavy atom. The summed E-state index contributed by atoms with van der Waals surface area (Å²) in [6.45, 7) is 1.43. The maximum absolute atomic E-state index is 12.7. The minimum atomic E-state index is -0.0794. The van der Waals surface area contributed by atoms with Crippen molar-refractivity contribution < 1.29 is 9.21 Å². The summed E-state index contributed by atoms with van der Waals surface area (Å²) in [5.41, 5.74) is 3.36. The van der Waals surface area contributed by atoms with Crippen LogP contribution in [-0.2, 0) is 10.5 Å². The fourth-order valence-electron chi connectivity index (χ4n) is 3.67. The van der Waals surface area contributed by atoms with Gasteiger partial charge in [0.2, 0.25) is 11.0 Å². The van der Waals surface area contributed by atoms with Gasteiger partial charge in [0.25, 0.3) is 6.01 Å². The molecule has 1 aliphatic rings. The first-order valence-electron chi connectivity index (χ1n) is 10.5. The van der Waals surface area contributed by atoms with E-state index in [-0.39, 0.29) is 11.8 Å². The zero-order chi connectivity index (χ0) is 22.6. The summed E-state index contributed by atoms with van der Waals surface area (Å²) in [7, 11) is 0. The lowest BCUT2D eigenvalue weighted by molar-refractivity contribution is -0.120. The topological polar surface area (TPSA) is 108 Å². The molecule has 0 bridgehead atoms. The van der Waals surface area contributed by atoms with Crippen LogP contribution in [0.5, 0.6) is 0 Å². The molecule has 0 atom stereocenters. The highest BCUT2D eigenvalue weighted by Crippen LogP contribution is 2.30. The summed E-state index contributed by atoms with van der Waals surface area (Å²) >= 11 is 2.93. The van der Waals surface area contributed by atoms with Crippen LogP contribution >= 0.6 is 23.1 Å². The number of hydrogen-bond acceptors (Lipinski definition) is 9. The Morgan fingerprint density at radius 1 is 1.18 bits per heavy atom. The lowest BCUT2D eigenvalue weighted by atomic mass is 9.96. The van der Waals surface area contributed by atoms with E-state index in [1.807, 2.05) is 36.4 Å². The molecule has 0 radical (unpaired) electrons. The SMILES string of the molecule is N#Cc1ccc(CSc2nnc(NC(=O)C3CCN(c4nc5ccccc5o4)CC3)s2)cc1. The smallest absolute Gasteiger partial charge is 0.298 e. The van der Waals surface area contributed by atoms with Crippen LogP contribution in [0.3, 0.4) is 0 Å². The van der Waals surface area contributed by atoms with Crippen molar-refractivity contribution in [3.8, 4) is 6.07 Å². The third-order valence-corrected chi connectivity index (χ3v) is 7.54. The second kappa shape index (κ2) is 9.60. The van der Waals surface area contributed by atoms with E-state index in [1.165, 1.54) is 11.3 Å². The van der Waals surface area contributed by atoms with Gasteiger partial charge in [-0.15, -0.1) is 10.2 Å². The minimum Gasteiger partial charge on any atom is -0.423 e. The Morgan fingerprint density at radius 3 is 2.73 bits per heavy atom. The van der Waals surface area contributed by atoms with Crippen LogP contribution in [-0.4, -0.2) is 34.2 Å². The van der Waals surface area contributed by atoms with Crippen LogP contribution in [0, 0.1) is 17.2 Å². The number of thioether (sulfide) groups is 1. The van der Waals surface area contributed by atoms with E-state index < -0.39 is 0 Å². The Hall–Kier alpha value is -3.42. The highest BCUT2D eigenvalue weighted by atomic mass is 32.2. The van der Waals surface area contributed by atoms with Crippen molar-refractivity contribution in [2.75, 3.05) is 23.3 Å². The van der Waals surface area contributed by atoms with Crippen molar-refractivity contribution in [1.82, 2.24) is 15.2 Å². The molecular formula is C23H20N6O2S2. The van der Waals surface area contributed by atoms with Crippen LogP contribution in [0.2, 0.25) is 0 Å². The fourth-order valence-corrected chi connectivity index (χ4v) is 5.39. The molecule has 2 aromatic heterocycles. The van der Waals surface area contributed by atoms with Gasteiger partial charge < -0.3 is 14.6 Å². The van der Waals surface area contributed by atoms with Gasteiger partial charge in [-0.2, -0.15) is 10.2 Å². The molecule has 4 aromatic rings. The number of amides is 1. The number of rotatable bonds is 6. The predicted octanol–water partition coefficient (Wildman–Crippen LogP) is 4.70. The standard InChI is InChI=1S/C23H20N6O2S2/c24-13-15-5-7-16(8-6-15)14-32-23-28-27-21(33-23)26-20(30)17-9-11-29(12-10-17)22-25-18-3-1-2-4-19(18)31-22/h1-8,17H,9-12,14H2,(H,26,27,30). The molecule has 1 aliphatic heterocycles. The summed E-state index contributed by atoms with van der Waals surface area (Å²) in [5.74, 6) is 0.624. The van der Waals surface area contributed by atoms with Crippen molar-refractivity contribution in [3.05, 3.63) is 59.7 Å². The van der Waals surface area contributed by atoms with E-state index in [1.54, 1.807) is 23.9 Å². The number of nitriles is 1. The molecule has 0 unspecified atom stereocenters. The molecule has 1 amide bonds.